The average molecular weight is 394 g/mol. The van der Waals surface area contributed by atoms with E-state index >= 15 is 0 Å². The van der Waals surface area contributed by atoms with Crippen LogP contribution in [0.25, 0.3) is 0 Å². The summed E-state index contributed by atoms with van der Waals surface area (Å²) in [6, 6.07) is 12.3. The lowest BCUT2D eigenvalue weighted by Gasteiger charge is -2.27. The first-order valence-corrected chi connectivity index (χ1v) is 8.81. The normalized spacial score (nSPS) is 11.1. The third-order valence-corrected chi connectivity index (χ3v) is 4.56. The molecule has 5 nitrogen and oxygen atoms in total. The molecule has 0 aliphatic heterocycles. The summed E-state index contributed by atoms with van der Waals surface area (Å²) in [6.45, 7) is 5.49. The van der Waals surface area contributed by atoms with Gasteiger partial charge >= 0.3 is 0 Å². The van der Waals surface area contributed by atoms with E-state index in [4.69, 9.17) is 23.2 Å². The predicted octanol–water partition coefficient (Wildman–Crippen LogP) is 4.42. The van der Waals surface area contributed by atoms with Crippen LogP contribution in [0.3, 0.4) is 0 Å². The molecule has 2 aromatic carbocycles. The molecular formula is C19H21Cl2N3O2. The molecule has 3 N–H and O–H groups in total. The minimum absolute atomic E-state index is 0.126. The summed E-state index contributed by atoms with van der Waals surface area (Å²) in [5.74, 6) is -0.319. The van der Waals surface area contributed by atoms with Crippen LogP contribution >= 0.6 is 23.2 Å². The minimum atomic E-state index is -0.458. The second kappa shape index (κ2) is 8.54. The highest BCUT2D eigenvalue weighted by atomic mass is 35.5. The average Bonchev–Trinajstić information content (AvgIpc) is 2.57. The number of carbonyl (C=O) groups is 2. The van der Waals surface area contributed by atoms with E-state index in [0.717, 1.165) is 5.56 Å². The van der Waals surface area contributed by atoms with E-state index in [0.29, 0.717) is 21.4 Å². The molecule has 0 bridgehead atoms. The Kier molecular flexibility index (Phi) is 6.64. The fraction of sp³-hybridized carbons (Fsp3) is 0.263. The second-order valence-electron chi connectivity index (χ2n) is 6.41. The van der Waals surface area contributed by atoms with Gasteiger partial charge < -0.3 is 10.6 Å². The number of carbonyl (C=O) groups excluding carboxylic acids is 2. The lowest BCUT2D eigenvalue weighted by Crippen LogP contribution is -2.41. The van der Waals surface area contributed by atoms with Gasteiger partial charge in [-0.15, -0.1) is 0 Å². The van der Waals surface area contributed by atoms with Gasteiger partial charge in [-0.25, -0.2) is 0 Å². The summed E-state index contributed by atoms with van der Waals surface area (Å²) in [7, 11) is 0. The van der Waals surface area contributed by atoms with E-state index in [2.05, 4.69) is 16.0 Å². The van der Waals surface area contributed by atoms with Crippen molar-refractivity contribution in [3.8, 4) is 0 Å². The Bertz CT molecular complexity index is 805. The minimum Gasteiger partial charge on any atom is -0.326 e. The highest BCUT2D eigenvalue weighted by Crippen LogP contribution is 2.28. The first-order valence-electron chi connectivity index (χ1n) is 8.05. The smallest absolute Gasteiger partial charge is 0.238 e. The summed E-state index contributed by atoms with van der Waals surface area (Å²) in [4.78, 5) is 23.2. The number of rotatable bonds is 6. The molecule has 0 atom stereocenters. The largest absolute Gasteiger partial charge is 0.326 e. The van der Waals surface area contributed by atoms with Gasteiger partial charge in [0.2, 0.25) is 11.8 Å². The molecule has 0 fully saturated rings. The molecule has 0 aliphatic rings. The van der Waals surface area contributed by atoms with Gasteiger partial charge in [0.15, 0.2) is 0 Å². The summed E-state index contributed by atoms with van der Waals surface area (Å²) < 4.78 is 0. The SMILES string of the molecule is CC(=O)Nc1ccc(NC(=O)CNC(C)(C)c2ccc(Cl)c(Cl)c2)cc1. The Hall–Kier alpha value is -2.08. The molecule has 0 aromatic heterocycles. The van der Waals surface area contributed by atoms with Crippen molar-refractivity contribution >= 4 is 46.4 Å². The molecule has 0 heterocycles. The molecule has 0 saturated heterocycles. The first-order chi connectivity index (χ1) is 12.2. The van der Waals surface area contributed by atoms with E-state index < -0.39 is 5.54 Å². The van der Waals surface area contributed by atoms with Crippen molar-refractivity contribution in [3.63, 3.8) is 0 Å². The van der Waals surface area contributed by atoms with Gasteiger partial charge in [0.05, 0.1) is 16.6 Å². The highest BCUT2D eigenvalue weighted by molar-refractivity contribution is 6.42. The summed E-state index contributed by atoms with van der Waals surface area (Å²) >= 11 is 12.0. The summed E-state index contributed by atoms with van der Waals surface area (Å²) in [5.41, 5.74) is 1.80. The Labute approximate surface area is 163 Å². The van der Waals surface area contributed by atoms with Crippen LogP contribution in [0.1, 0.15) is 26.3 Å². The van der Waals surface area contributed by atoms with Gasteiger partial charge in [0, 0.05) is 23.8 Å². The Morgan fingerprint density at radius 3 is 2.04 bits per heavy atom. The van der Waals surface area contributed by atoms with Crippen molar-refractivity contribution in [1.82, 2.24) is 5.32 Å². The lowest BCUT2D eigenvalue weighted by atomic mass is 9.94. The number of hydrogen-bond acceptors (Lipinski definition) is 3. The molecule has 7 heteroatoms. The molecule has 0 aliphatic carbocycles. The van der Waals surface area contributed by atoms with E-state index in [-0.39, 0.29) is 18.4 Å². The molecule has 0 unspecified atom stereocenters. The van der Waals surface area contributed by atoms with Crippen LogP contribution in [0, 0.1) is 0 Å². The molecule has 0 radical (unpaired) electrons. The molecule has 26 heavy (non-hydrogen) atoms. The number of benzene rings is 2. The van der Waals surface area contributed by atoms with E-state index in [1.807, 2.05) is 19.9 Å². The highest BCUT2D eigenvalue weighted by Gasteiger charge is 2.21. The van der Waals surface area contributed by atoms with Crippen LogP contribution in [0.2, 0.25) is 10.0 Å². The standard InChI is InChI=1S/C19H21Cl2N3O2/c1-12(25)23-14-5-7-15(8-6-14)24-18(26)11-22-19(2,3)13-4-9-16(20)17(21)10-13/h4-10,22H,11H2,1-3H3,(H,23,25)(H,24,26). The van der Waals surface area contributed by atoms with Crippen LogP contribution in [0.5, 0.6) is 0 Å². The van der Waals surface area contributed by atoms with Crippen LogP contribution in [-0.4, -0.2) is 18.4 Å². The number of anilines is 2. The van der Waals surface area contributed by atoms with Crippen molar-refractivity contribution in [3.05, 3.63) is 58.1 Å². The number of halogens is 2. The van der Waals surface area contributed by atoms with Crippen molar-refractivity contribution in [2.75, 3.05) is 17.2 Å². The van der Waals surface area contributed by atoms with Crippen LogP contribution in [0.4, 0.5) is 11.4 Å². The molecule has 2 aromatic rings. The maximum absolute atomic E-state index is 12.2. The zero-order valence-electron chi connectivity index (χ0n) is 14.8. The van der Waals surface area contributed by atoms with Crippen LogP contribution in [0.15, 0.2) is 42.5 Å². The first kappa shape index (κ1) is 20.2. The van der Waals surface area contributed by atoms with Gasteiger partial charge in [-0.1, -0.05) is 29.3 Å². The maximum atomic E-state index is 12.2. The quantitative estimate of drug-likeness (QED) is 0.680. The van der Waals surface area contributed by atoms with E-state index in [1.54, 1.807) is 36.4 Å². The molecular weight excluding hydrogens is 373 g/mol. The predicted molar refractivity (Wildman–Crippen MR) is 107 cm³/mol. The molecule has 0 saturated carbocycles. The monoisotopic (exact) mass is 393 g/mol. The third-order valence-electron chi connectivity index (χ3n) is 3.82. The number of nitrogens with one attached hydrogen (secondary N) is 3. The maximum Gasteiger partial charge on any atom is 0.238 e. The Balaban J connectivity index is 1.92. The van der Waals surface area contributed by atoms with Gasteiger partial charge in [0.25, 0.3) is 0 Å². The van der Waals surface area contributed by atoms with Gasteiger partial charge in [0.1, 0.15) is 0 Å². The molecule has 2 amide bonds. The molecule has 0 spiro atoms. The van der Waals surface area contributed by atoms with E-state index in [9.17, 15) is 9.59 Å². The third kappa shape index (κ3) is 5.73. The number of hydrogen-bond donors (Lipinski definition) is 3. The van der Waals surface area contributed by atoms with Crippen molar-refractivity contribution in [1.29, 1.82) is 0 Å². The van der Waals surface area contributed by atoms with E-state index in [1.165, 1.54) is 6.92 Å². The van der Waals surface area contributed by atoms with Crippen molar-refractivity contribution in [2.24, 2.45) is 0 Å². The fourth-order valence-corrected chi connectivity index (χ4v) is 2.63. The van der Waals surface area contributed by atoms with Crippen LogP contribution < -0.4 is 16.0 Å². The molecule has 138 valence electrons. The Morgan fingerprint density at radius 2 is 1.50 bits per heavy atom. The zero-order valence-corrected chi connectivity index (χ0v) is 16.3. The summed E-state index contributed by atoms with van der Waals surface area (Å²) in [5, 5.41) is 9.65. The van der Waals surface area contributed by atoms with Crippen LogP contribution in [-0.2, 0) is 15.1 Å². The van der Waals surface area contributed by atoms with Gasteiger partial charge in [-0.05, 0) is 55.8 Å². The van der Waals surface area contributed by atoms with Gasteiger partial charge in [-0.3, -0.25) is 14.9 Å². The summed E-state index contributed by atoms with van der Waals surface area (Å²) in [6.07, 6.45) is 0. The van der Waals surface area contributed by atoms with Gasteiger partial charge in [-0.2, -0.15) is 0 Å². The zero-order chi connectivity index (χ0) is 19.3. The van der Waals surface area contributed by atoms with Crippen molar-refractivity contribution in [2.45, 2.75) is 26.3 Å². The van der Waals surface area contributed by atoms with Crippen molar-refractivity contribution < 1.29 is 9.59 Å². The molecule has 2 rings (SSSR count). The Morgan fingerprint density at radius 1 is 0.923 bits per heavy atom. The number of amides is 2. The fourth-order valence-electron chi connectivity index (χ4n) is 2.33. The lowest BCUT2D eigenvalue weighted by molar-refractivity contribution is -0.116. The topological polar surface area (TPSA) is 70.2 Å². The second-order valence-corrected chi connectivity index (χ2v) is 7.23.